The molecule has 4 aromatic rings. The molecule has 2 aromatic carbocycles. The first kappa shape index (κ1) is 19.1. The summed E-state index contributed by atoms with van der Waals surface area (Å²) in [6, 6.07) is 13.4. The van der Waals surface area contributed by atoms with Crippen LogP contribution >= 0.6 is 0 Å². The van der Waals surface area contributed by atoms with Gasteiger partial charge < -0.3 is 0 Å². The van der Waals surface area contributed by atoms with Crippen LogP contribution in [0.5, 0.6) is 0 Å². The summed E-state index contributed by atoms with van der Waals surface area (Å²) in [6.45, 7) is 0.287. The lowest BCUT2D eigenvalue weighted by Crippen LogP contribution is -2.31. The molecule has 1 N–H and O–H groups in total. The third-order valence-corrected chi connectivity index (χ3v) is 6.36. The molecule has 0 bridgehead atoms. The van der Waals surface area contributed by atoms with Crippen LogP contribution in [0.2, 0.25) is 0 Å². The van der Waals surface area contributed by atoms with Crippen LogP contribution in [0.1, 0.15) is 11.6 Å². The van der Waals surface area contributed by atoms with E-state index in [0.29, 0.717) is 11.0 Å². The molecule has 4 rings (SSSR count). The van der Waals surface area contributed by atoms with Gasteiger partial charge in [-0.05, 0) is 23.8 Å². The number of hydrogen-bond acceptors (Lipinski definition) is 5. The molecule has 0 radical (unpaired) electrons. The summed E-state index contributed by atoms with van der Waals surface area (Å²) in [5.74, 6) is 0. The summed E-state index contributed by atoms with van der Waals surface area (Å²) in [5, 5.41) is 4.08. The molecule has 1 atom stereocenters. The number of sulfonamides is 1. The van der Waals surface area contributed by atoms with Gasteiger partial charge in [0.25, 0.3) is 0 Å². The maximum Gasteiger partial charge on any atom is 0.328 e. The molecule has 0 amide bonds. The first-order valence-electron chi connectivity index (χ1n) is 8.92. The second kappa shape index (κ2) is 7.30. The molecule has 9 nitrogen and oxygen atoms in total. The standard InChI is InChI=1S/C19H20N6O3S/c1-23-17-9-8-15(10-18(17)24(2)19(23)26)29(27,28)22-16(11-25-13-20-12-21-25)14-6-4-3-5-7-14/h3-10,12-13,16,22H,11H2,1-2H3. The van der Waals surface area contributed by atoms with E-state index in [4.69, 9.17) is 0 Å². The molecule has 2 heterocycles. The first-order valence-corrected chi connectivity index (χ1v) is 10.4. The van der Waals surface area contributed by atoms with E-state index in [1.54, 1.807) is 24.8 Å². The van der Waals surface area contributed by atoms with E-state index >= 15 is 0 Å². The summed E-state index contributed by atoms with van der Waals surface area (Å²) in [5.41, 5.74) is 1.81. The van der Waals surface area contributed by atoms with Gasteiger partial charge in [0.2, 0.25) is 10.0 Å². The lowest BCUT2D eigenvalue weighted by molar-refractivity contribution is 0.482. The van der Waals surface area contributed by atoms with Gasteiger partial charge in [-0.1, -0.05) is 30.3 Å². The van der Waals surface area contributed by atoms with E-state index in [2.05, 4.69) is 14.8 Å². The molecule has 0 aliphatic rings. The Morgan fingerprint density at radius 3 is 2.45 bits per heavy atom. The molecule has 1 unspecified atom stereocenters. The molecule has 150 valence electrons. The summed E-state index contributed by atoms with van der Waals surface area (Å²) in [7, 11) is -0.588. The average Bonchev–Trinajstić information content (AvgIpc) is 3.31. The lowest BCUT2D eigenvalue weighted by atomic mass is 10.1. The van der Waals surface area contributed by atoms with Crippen molar-refractivity contribution < 1.29 is 8.42 Å². The Labute approximate surface area is 167 Å². The SMILES string of the molecule is Cn1c(=O)n(C)c2cc(S(=O)(=O)NC(Cn3cncn3)c3ccccc3)ccc21. The van der Waals surface area contributed by atoms with Crippen molar-refractivity contribution in [1.29, 1.82) is 0 Å². The minimum atomic E-state index is -3.86. The van der Waals surface area contributed by atoms with Crippen molar-refractivity contribution in [2.45, 2.75) is 17.5 Å². The fourth-order valence-corrected chi connectivity index (χ4v) is 4.55. The van der Waals surface area contributed by atoms with Crippen LogP contribution in [0.3, 0.4) is 0 Å². The van der Waals surface area contributed by atoms with E-state index in [1.165, 1.54) is 33.9 Å². The van der Waals surface area contributed by atoms with Crippen molar-refractivity contribution in [3.8, 4) is 0 Å². The number of benzene rings is 2. The van der Waals surface area contributed by atoms with Gasteiger partial charge in [0, 0.05) is 14.1 Å². The van der Waals surface area contributed by atoms with Crippen LogP contribution in [0.25, 0.3) is 11.0 Å². The Hall–Kier alpha value is -3.24. The molecule has 0 fully saturated rings. The number of nitrogens with zero attached hydrogens (tertiary/aromatic N) is 5. The van der Waals surface area contributed by atoms with Gasteiger partial charge in [0.15, 0.2) is 0 Å². The van der Waals surface area contributed by atoms with Gasteiger partial charge >= 0.3 is 5.69 Å². The van der Waals surface area contributed by atoms with E-state index in [1.807, 2.05) is 30.3 Å². The van der Waals surface area contributed by atoms with Gasteiger partial charge in [-0.2, -0.15) is 5.10 Å². The van der Waals surface area contributed by atoms with Gasteiger partial charge in [0.05, 0.1) is 28.5 Å². The largest absolute Gasteiger partial charge is 0.328 e. The number of nitrogens with one attached hydrogen (secondary N) is 1. The molecular formula is C19H20N6O3S. The zero-order valence-corrected chi connectivity index (χ0v) is 16.7. The zero-order valence-electron chi connectivity index (χ0n) is 15.9. The number of aryl methyl sites for hydroxylation is 2. The molecule has 0 saturated heterocycles. The quantitative estimate of drug-likeness (QED) is 0.512. The zero-order chi connectivity index (χ0) is 20.6. The highest BCUT2D eigenvalue weighted by Crippen LogP contribution is 2.22. The molecule has 2 aromatic heterocycles. The Bertz CT molecular complexity index is 1310. The number of rotatable bonds is 6. The molecule has 29 heavy (non-hydrogen) atoms. The predicted octanol–water partition coefficient (Wildman–Crippen LogP) is 1.19. The van der Waals surface area contributed by atoms with Gasteiger partial charge in [0.1, 0.15) is 12.7 Å². The molecular weight excluding hydrogens is 392 g/mol. The molecule has 0 aliphatic heterocycles. The van der Waals surface area contributed by atoms with Crippen LogP contribution < -0.4 is 10.4 Å². The Morgan fingerprint density at radius 1 is 1.03 bits per heavy atom. The maximum absolute atomic E-state index is 13.1. The molecule has 0 spiro atoms. The van der Waals surface area contributed by atoms with Crippen LogP contribution in [0.4, 0.5) is 0 Å². The number of imidazole rings is 1. The maximum atomic E-state index is 13.1. The van der Waals surface area contributed by atoms with Crippen molar-refractivity contribution in [3.63, 3.8) is 0 Å². The Kier molecular flexibility index (Phi) is 4.81. The topological polar surface area (TPSA) is 104 Å². The average molecular weight is 412 g/mol. The second-order valence-electron chi connectivity index (χ2n) is 6.75. The predicted molar refractivity (Wildman–Crippen MR) is 108 cm³/mol. The highest BCUT2D eigenvalue weighted by Gasteiger charge is 2.23. The first-order chi connectivity index (χ1) is 13.9. The summed E-state index contributed by atoms with van der Waals surface area (Å²) >= 11 is 0. The van der Waals surface area contributed by atoms with Crippen LogP contribution in [-0.4, -0.2) is 32.3 Å². The fourth-order valence-electron chi connectivity index (χ4n) is 3.32. The van der Waals surface area contributed by atoms with Crippen molar-refractivity contribution in [3.05, 3.63) is 77.2 Å². The van der Waals surface area contributed by atoms with E-state index in [9.17, 15) is 13.2 Å². The molecule has 0 saturated carbocycles. The highest BCUT2D eigenvalue weighted by atomic mass is 32.2. The van der Waals surface area contributed by atoms with Crippen molar-refractivity contribution in [2.75, 3.05) is 0 Å². The van der Waals surface area contributed by atoms with Gasteiger partial charge in [-0.25, -0.2) is 22.9 Å². The molecule has 10 heteroatoms. The lowest BCUT2D eigenvalue weighted by Gasteiger charge is -2.19. The van der Waals surface area contributed by atoms with Crippen LogP contribution in [0, 0.1) is 0 Å². The van der Waals surface area contributed by atoms with E-state index < -0.39 is 16.1 Å². The van der Waals surface area contributed by atoms with Gasteiger partial charge in [-0.15, -0.1) is 0 Å². The summed E-state index contributed by atoms with van der Waals surface area (Å²) in [4.78, 5) is 16.1. The smallest absolute Gasteiger partial charge is 0.295 e. The summed E-state index contributed by atoms with van der Waals surface area (Å²) in [6.07, 6.45) is 2.94. The van der Waals surface area contributed by atoms with Crippen molar-refractivity contribution >= 4 is 21.1 Å². The van der Waals surface area contributed by atoms with Crippen molar-refractivity contribution in [1.82, 2.24) is 28.6 Å². The van der Waals surface area contributed by atoms with Crippen molar-refractivity contribution in [2.24, 2.45) is 14.1 Å². The highest BCUT2D eigenvalue weighted by molar-refractivity contribution is 7.89. The second-order valence-corrected chi connectivity index (χ2v) is 8.47. The van der Waals surface area contributed by atoms with E-state index in [-0.39, 0.29) is 17.1 Å². The van der Waals surface area contributed by atoms with Crippen LogP contribution in [0.15, 0.2) is 70.9 Å². The fraction of sp³-hybridized carbons (Fsp3) is 0.211. The van der Waals surface area contributed by atoms with Crippen LogP contribution in [-0.2, 0) is 30.7 Å². The number of fused-ring (bicyclic) bond motifs is 1. The third kappa shape index (κ3) is 3.59. The monoisotopic (exact) mass is 412 g/mol. The number of hydrogen-bond donors (Lipinski definition) is 1. The van der Waals surface area contributed by atoms with Gasteiger partial charge in [-0.3, -0.25) is 13.8 Å². The summed E-state index contributed by atoms with van der Waals surface area (Å²) < 4.78 is 33.5. The third-order valence-electron chi connectivity index (χ3n) is 4.89. The minimum absolute atomic E-state index is 0.0886. The normalized spacial score (nSPS) is 13.0. The molecule has 0 aliphatic carbocycles. The minimum Gasteiger partial charge on any atom is -0.295 e. The number of aromatic nitrogens is 5. The Morgan fingerprint density at radius 2 is 1.76 bits per heavy atom. The van der Waals surface area contributed by atoms with E-state index in [0.717, 1.165) is 5.56 Å². The Balaban J connectivity index is 1.72.